The SMILES string of the molecule is Cc1c(-c2ccccc2)c(=O)oc2c3c(ccc12)OCN(CCc1ccccc1Cl)C3. The van der Waals surface area contributed by atoms with Crippen LogP contribution in [0.15, 0.2) is 75.9 Å². The summed E-state index contributed by atoms with van der Waals surface area (Å²) in [5.41, 5.74) is 4.73. The first-order valence-electron chi connectivity index (χ1n) is 10.3. The zero-order valence-electron chi connectivity index (χ0n) is 17.2. The van der Waals surface area contributed by atoms with E-state index in [1.165, 1.54) is 0 Å². The Labute approximate surface area is 185 Å². The van der Waals surface area contributed by atoms with Gasteiger partial charge in [-0.2, -0.15) is 0 Å². The minimum Gasteiger partial charge on any atom is -0.478 e. The molecule has 156 valence electrons. The Bertz CT molecular complexity index is 1310. The largest absolute Gasteiger partial charge is 0.478 e. The Balaban J connectivity index is 1.49. The van der Waals surface area contributed by atoms with Crippen LogP contribution >= 0.6 is 11.6 Å². The van der Waals surface area contributed by atoms with Crippen molar-refractivity contribution in [1.82, 2.24) is 4.90 Å². The molecule has 31 heavy (non-hydrogen) atoms. The maximum atomic E-state index is 12.9. The van der Waals surface area contributed by atoms with E-state index >= 15 is 0 Å². The monoisotopic (exact) mass is 431 g/mol. The van der Waals surface area contributed by atoms with Crippen molar-refractivity contribution < 1.29 is 9.15 Å². The molecule has 4 nitrogen and oxygen atoms in total. The summed E-state index contributed by atoms with van der Waals surface area (Å²) >= 11 is 6.30. The van der Waals surface area contributed by atoms with E-state index in [4.69, 9.17) is 20.8 Å². The lowest BCUT2D eigenvalue weighted by molar-refractivity contribution is 0.0968. The van der Waals surface area contributed by atoms with Gasteiger partial charge >= 0.3 is 5.63 Å². The van der Waals surface area contributed by atoms with E-state index in [9.17, 15) is 4.79 Å². The molecular formula is C26H22ClNO3. The van der Waals surface area contributed by atoms with E-state index in [1.807, 2.05) is 73.7 Å². The highest BCUT2D eigenvalue weighted by Crippen LogP contribution is 2.35. The fourth-order valence-electron chi connectivity index (χ4n) is 4.23. The second kappa shape index (κ2) is 8.22. The zero-order valence-corrected chi connectivity index (χ0v) is 18.0. The maximum absolute atomic E-state index is 12.9. The van der Waals surface area contributed by atoms with Crippen LogP contribution in [0, 0.1) is 6.92 Å². The van der Waals surface area contributed by atoms with Crippen molar-refractivity contribution in [2.75, 3.05) is 13.3 Å². The van der Waals surface area contributed by atoms with Gasteiger partial charge in [0.15, 0.2) is 0 Å². The molecule has 1 aromatic heterocycles. The summed E-state index contributed by atoms with van der Waals surface area (Å²) in [7, 11) is 0. The number of aryl methyl sites for hydroxylation is 1. The van der Waals surface area contributed by atoms with Crippen molar-refractivity contribution in [3.05, 3.63) is 98.9 Å². The van der Waals surface area contributed by atoms with Crippen LogP contribution in [0.5, 0.6) is 5.75 Å². The van der Waals surface area contributed by atoms with Crippen LogP contribution in [0.4, 0.5) is 0 Å². The second-order valence-corrected chi connectivity index (χ2v) is 8.25. The highest BCUT2D eigenvalue weighted by atomic mass is 35.5. The van der Waals surface area contributed by atoms with Gasteiger partial charge < -0.3 is 9.15 Å². The fourth-order valence-corrected chi connectivity index (χ4v) is 4.46. The van der Waals surface area contributed by atoms with Crippen LogP contribution in [0.25, 0.3) is 22.1 Å². The van der Waals surface area contributed by atoms with Crippen LogP contribution in [0.1, 0.15) is 16.7 Å². The molecule has 0 N–H and O–H groups in total. The lowest BCUT2D eigenvalue weighted by atomic mass is 9.97. The Morgan fingerprint density at radius 1 is 1.00 bits per heavy atom. The fraction of sp³-hybridized carbons (Fsp3) is 0.192. The van der Waals surface area contributed by atoms with Crippen LogP contribution in [-0.2, 0) is 13.0 Å². The number of nitrogens with zero attached hydrogens (tertiary/aromatic N) is 1. The van der Waals surface area contributed by atoms with Gasteiger partial charge in [0.05, 0.1) is 11.1 Å². The Morgan fingerprint density at radius 3 is 2.58 bits per heavy atom. The lowest BCUT2D eigenvalue weighted by Gasteiger charge is -2.29. The molecule has 0 saturated heterocycles. The number of benzene rings is 3. The molecule has 0 amide bonds. The summed E-state index contributed by atoms with van der Waals surface area (Å²) in [5.74, 6) is 0.775. The zero-order chi connectivity index (χ0) is 21.4. The average Bonchev–Trinajstić information content (AvgIpc) is 2.79. The third-order valence-corrected chi connectivity index (χ3v) is 6.27. The standard InChI is InChI=1S/C26H22ClNO3/c1-17-20-11-12-23-21(25(20)31-26(29)24(17)19-8-3-2-4-9-19)15-28(16-30-23)14-13-18-7-5-6-10-22(18)27/h2-12H,13-16H2,1H3. The van der Waals surface area contributed by atoms with E-state index < -0.39 is 0 Å². The molecule has 4 aromatic rings. The van der Waals surface area contributed by atoms with Crippen molar-refractivity contribution in [2.45, 2.75) is 19.9 Å². The molecule has 0 unspecified atom stereocenters. The van der Waals surface area contributed by atoms with E-state index in [-0.39, 0.29) is 5.63 Å². The third kappa shape index (κ3) is 3.73. The highest BCUT2D eigenvalue weighted by molar-refractivity contribution is 6.31. The molecule has 0 spiro atoms. The number of rotatable bonds is 4. The highest BCUT2D eigenvalue weighted by Gasteiger charge is 2.23. The molecule has 3 aromatic carbocycles. The minimum absolute atomic E-state index is 0.321. The van der Waals surface area contributed by atoms with Gasteiger partial charge in [0, 0.05) is 23.5 Å². The summed E-state index contributed by atoms with van der Waals surface area (Å²) in [6.45, 7) is 3.93. The van der Waals surface area contributed by atoms with Crippen molar-refractivity contribution in [3.63, 3.8) is 0 Å². The van der Waals surface area contributed by atoms with Gasteiger partial charge in [-0.3, -0.25) is 4.90 Å². The van der Waals surface area contributed by atoms with Crippen LogP contribution in [0.3, 0.4) is 0 Å². The van der Waals surface area contributed by atoms with Gasteiger partial charge in [-0.25, -0.2) is 4.79 Å². The summed E-state index contributed by atoms with van der Waals surface area (Å²) < 4.78 is 11.9. The molecule has 0 atom stereocenters. The minimum atomic E-state index is -0.321. The number of fused-ring (bicyclic) bond motifs is 3. The first kappa shape index (κ1) is 19.9. The van der Waals surface area contributed by atoms with E-state index in [0.717, 1.165) is 51.4 Å². The normalized spacial score (nSPS) is 13.7. The third-order valence-electron chi connectivity index (χ3n) is 5.90. The predicted octanol–water partition coefficient (Wildman–Crippen LogP) is 5.82. The molecule has 5 heteroatoms. The lowest BCUT2D eigenvalue weighted by Crippen LogP contribution is -2.33. The molecule has 2 heterocycles. The average molecular weight is 432 g/mol. The number of hydrogen-bond donors (Lipinski definition) is 0. The molecular weight excluding hydrogens is 410 g/mol. The Kier molecular flexibility index (Phi) is 5.26. The summed E-state index contributed by atoms with van der Waals surface area (Å²) in [6.07, 6.45) is 0.824. The molecule has 0 bridgehead atoms. The van der Waals surface area contributed by atoms with Crippen molar-refractivity contribution in [2.24, 2.45) is 0 Å². The van der Waals surface area contributed by atoms with E-state index in [1.54, 1.807) is 0 Å². The molecule has 1 aliphatic heterocycles. The molecule has 0 saturated carbocycles. The number of ether oxygens (including phenoxy) is 1. The second-order valence-electron chi connectivity index (χ2n) is 7.84. The summed E-state index contributed by atoms with van der Waals surface area (Å²) in [6, 6.07) is 21.5. The molecule has 0 aliphatic carbocycles. The van der Waals surface area contributed by atoms with Gasteiger partial charge in [-0.15, -0.1) is 0 Å². The summed E-state index contributed by atoms with van der Waals surface area (Å²) in [4.78, 5) is 15.1. The molecule has 1 aliphatic rings. The molecule has 5 rings (SSSR count). The molecule has 0 radical (unpaired) electrons. The van der Waals surface area contributed by atoms with Gasteiger partial charge in [0.1, 0.15) is 18.1 Å². The predicted molar refractivity (Wildman–Crippen MR) is 124 cm³/mol. The van der Waals surface area contributed by atoms with E-state index in [0.29, 0.717) is 24.4 Å². The van der Waals surface area contributed by atoms with Gasteiger partial charge in [0.2, 0.25) is 0 Å². The van der Waals surface area contributed by atoms with Gasteiger partial charge in [-0.1, -0.05) is 60.1 Å². The van der Waals surface area contributed by atoms with E-state index in [2.05, 4.69) is 4.90 Å². The first-order valence-corrected chi connectivity index (χ1v) is 10.7. The van der Waals surface area contributed by atoms with Crippen LogP contribution in [-0.4, -0.2) is 18.2 Å². The number of halogens is 1. The van der Waals surface area contributed by atoms with Crippen LogP contribution < -0.4 is 10.4 Å². The van der Waals surface area contributed by atoms with Crippen molar-refractivity contribution in [3.8, 4) is 16.9 Å². The summed E-state index contributed by atoms with van der Waals surface area (Å²) in [5, 5.41) is 1.72. The van der Waals surface area contributed by atoms with Crippen LogP contribution in [0.2, 0.25) is 5.02 Å². The van der Waals surface area contributed by atoms with Crippen molar-refractivity contribution >= 4 is 22.6 Å². The quantitative estimate of drug-likeness (QED) is 0.382. The van der Waals surface area contributed by atoms with Crippen molar-refractivity contribution in [1.29, 1.82) is 0 Å². The molecule has 0 fully saturated rings. The van der Waals surface area contributed by atoms with Gasteiger partial charge in [0.25, 0.3) is 0 Å². The van der Waals surface area contributed by atoms with Gasteiger partial charge in [-0.05, 0) is 48.2 Å². The Hall–Kier alpha value is -3.08. The Morgan fingerprint density at radius 2 is 1.77 bits per heavy atom. The first-order chi connectivity index (χ1) is 15.1. The smallest absolute Gasteiger partial charge is 0.344 e. The maximum Gasteiger partial charge on any atom is 0.344 e. The topological polar surface area (TPSA) is 42.7 Å². The number of hydrogen-bond acceptors (Lipinski definition) is 4.